The van der Waals surface area contributed by atoms with E-state index in [1.807, 2.05) is 22.8 Å². The van der Waals surface area contributed by atoms with E-state index in [1.165, 1.54) is 0 Å². The Morgan fingerprint density at radius 2 is 1.75 bits per heavy atom. The zero-order chi connectivity index (χ0) is 37.5. The van der Waals surface area contributed by atoms with Gasteiger partial charge in [-0.1, -0.05) is 11.8 Å². The maximum atomic E-state index is 13.4. The predicted molar refractivity (Wildman–Crippen MR) is 183 cm³/mol. The highest BCUT2D eigenvalue weighted by Gasteiger charge is 2.38. The maximum absolute atomic E-state index is 13.4. The molecule has 0 radical (unpaired) electrons. The van der Waals surface area contributed by atoms with Gasteiger partial charge in [-0.15, -0.1) is 0 Å². The molecule has 5 rings (SSSR count). The highest BCUT2D eigenvalue weighted by molar-refractivity contribution is 5.94. The summed E-state index contributed by atoms with van der Waals surface area (Å²) in [5, 5.41) is 7.56. The van der Waals surface area contributed by atoms with Crippen molar-refractivity contribution in [2.45, 2.75) is 57.3 Å². The van der Waals surface area contributed by atoms with Crippen LogP contribution in [-0.4, -0.2) is 64.6 Å². The smallest absolute Gasteiger partial charge is 0.490 e. The van der Waals surface area contributed by atoms with Crippen LogP contribution in [0.5, 0.6) is 11.5 Å². The van der Waals surface area contributed by atoms with Crippen molar-refractivity contribution in [1.29, 1.82) is 0 Å². The number of nitrogens with two attached hydrogens (primary N) is 3. The van der Waals surface area contributed by atoms with Crippen LogP contribution in [0.3, 0.4) is 0 Å². The number of nitrogen functional groups attached to an aromatic ring is 2. The largest absolute Gasteiger partial charge is 0.493 e. The van der Waals surface area contributed by atoms with Gasteiger partial charge < -0.3 is 41.1 Å². The number of carboxylic acids is 1. The minimum absolute atomic E-state index is 0.0221. The Morgan fingerprint density at radius 1 is 1.06 bits per heavy atom. The number of rotatable bonds is 7. The highest BCUT2D eigenvalue weighted by Crippen LogP contribution is 2.34. The number of nitrogens with zero attached hydrogens (tertiary/aromatic N) is 3. The van der Waals surface area contributed by atoms with Crippen LogP contribution in [0.1, 0.15) is 71.3 Å². The summed E-state index contributed by atoms with van der Waals surface area (Å²) in [6.45, 7) is 1.90. The van der Waals surface area contributed by atoms with E-state index in [1.54, 1.807) is 45.7 Å². The molecular formula is C35H37F3N6O7. The Balaban J connectivity index is 0.000000755. The number of esters is 1. The van der Waals surface area contributed by atoms with Gasteiger partial charge in [0.15, 0.2) is 11.5 Å². The summed E-state index contributed by atoms with van der Waals surface area (Å²) in [5.74, 6) is 4.47. The second kappa shape index (κ2) is 16.3. The van der Waals surface area contributed by atoms with Crippen LogP contribution < -0.4 is 32.1 Å². The van der Waals surface area contributed by atoms with Crippen LogP contribution in [-0.2, 0) is 16.0 Å². The van der Waals surface area contributed by atoms with E-state index in [4.69, 9.17) is 41.3 Å². The second-order valence-corrected chi connectivity index (χ2v) is 11.5. The molecule has 0 unspecified atom stereocenters. The quantitative estimate of drug-likeness (QED) is 0.157. The van der Waals surface area contributed by atoms with E-state index in [0.29, 0.717) is 51.3 Å². The molecule has 1 aliphatic carbocycles. The lowest BCUT2D eigenvalue weighted by atomic mass is 9.91. The summed E-state index contributed by atoms with van der Waals surface area (Å²) in [6, 6.07) is 9.35. The number of alkyl halides is 3. The lowest BCUT2D eigenvalue weighted by molar-refractivity contribution is -0.192. The Kier molecular flexibility index (Phi) is 12.1. The van der Waals surface area contributed by atoms with Crippen molar-refractivity contribution in [2.24, 2.45) is 5.73 Å². The minimum atomic E-state index is -5.08. The molecule has 7 N–H and O–H groups in total. The number of ether oxygens (including phenoxy) is 3. The number of aromatic nitrogens is 3. The van der Waals surface area contributed by atoms with Gasteiger partial charge in [0.25, 0.3) is 0 Å². The summed E-state index contributed by atoms with van der Waals surface area (Å²) >= 11 is 0. The van der Waals surface area contributed by atoms with E-state index >= 15 is 0 Å². The summed E-state index contributed by atoms with van der Waals surface area (Å²) in [7, 11) is 3.12. The van der Waals surface area contributed by atoms with Crippen molar-refractivity contribution in [2.75, 3.05) is 32.3 Å². The van der Waals surface area contributed by atoms with E-state index < -0.39 is 18.1 Å². The summed E-state index contributed by atoms with van der Waals surface area (Å²) in [6.07, 6.45) is 1.97. The van der Waals surface area contributed by atoms with E-state index in [9.17, 15) is 22.8 Å². The van der Waals surface area contributed by atoms with Crippen LogP contribution in [0, 0.1) is 11.8 Å². The number of carboxylic acid groups (broad SMARTS) is 1. The number of anilines is 2. The first kappa shape index (κ1) is 38.0. The Bertz CT molecular complexity index is 2050. The molecule has 16 heteroatoms. The molecule has 1 saturated carbocycles. The molecule has 13 nitrogen and oxygen atoms in total. The summed E-state index contributed by atoms with van der Waals surface area (Å²) in [5.41, 5.74) is 21.1. The molecule has 270 valence electrons. The number of hydrogen-bond acceptors (Lipinski definition) is 11. The molecule has 51 heavy (non-hydrogen) atoms. The first-order valence-corrected chi connectivity index (χ1v) is 15.7. The molecule has 1 aliphatic rings. The third-order valence-electron chi connectivity index (χ3n) is 8.10. The van der Waals surface area contributed by atoms with Crippen LogP contribution in [0.15, 0.2) is 47.5 Å². The average molecular weight is 711 g/mol. The molecule has 2 aromatic heterocycles. The average Bonchev–Trinajstić information content (AvgIpc) is 3.09. The standard InChI is InChI=1S/C33H36N6O5.C2HF3O2/c1-4-44-32(41)26-18-39(24-10-8-23(34)9-11-24)27-15-19(6-12-25(27)29(26)40)5-7-21-13-20(16-28(42-2)30(21)43-3)14-22-17-37-33(36)38-31(22)35;3-2(4,5)1(6)7/h6,12-13,15-18,23-24H,4,8-11,14,34H2,1-3H3,(H4,35,36,37,38);(H,6,7)/t23-,24-;. The molecule has 1 fully saturated rings. The topological polar surface area (TPSA) is 208 Å². The van der Waals surface area contributed by atoms with Gasteiger partial charge in [-0.25, -0.2) is 14.6 Å². The number of benzene rings is 2. The number of fused-ring (bicyclic) bond motifs is 1. The number of aliphatic carboxylic acids is 1. The van der Waals surface area contributed by atoms with Gasteiger partial charge in [0, 0.05) is 47.4 Å². The van der Waals surface area contributed by atoms with E-state index in [0.717, 1.165) is 31.2 Å². The molecule has 0 aliphatic heterocycles. The lowest BCUT2D eigenvalue weighted by Gasteiger charge is -2.29. The fraction of sp³-hybridized carbons (Fsp3) is 0.343. The zero-order valence-corrected chi connectivity index (χ0v) is 28.0. The van der Waals surface area contributed by atoms with Crippen molar-refractivity contribution >= 4 is 34.6 Å². The van der Waals surface area contributed by atoms with Crippen LogP contribution >= 0.6 is 0 Å². The molecule has 0 spiro atoms. The number of methoxy groups -OCH3 is 2. The van der Waals surface area contributed by atoms with Gasteiger partial charge in [-0.05, 0) is 68.5 Å². The predicted octanol–water partition coefficient (Wildman–Crippen LogP) is 4.22. The molecule has 2 heterocycles. The van der Waals surface area contributed by atoms with E-state index in [-0.39, 0.29) is 35.6 Å². The zero-order valence-electron chi connectivity index (χ0n) is 28.0. The van der Waals surface area contributed by atoms with Crippen LogP contribution in [0.25, 0.3) is 10.9 Å². The first-order chi connectivity index (χ1) is 24.2. The molecule has 0 atom stereocenters. The first-order valence-electron chi connectivity index (χ1n) is 15.7. The number of halogens is 3. The van der Waals surface area contributed by atoms with Crippen molar-refractivity contribution in [1.82, 2.24) is 14.5 Å². The Labute approximate surface area is 290 Å². The number of carbonyl (C=O) groups excluding carboxylic acids is 1. The Morgan fingerprint density at radius 3 is 2.33 bits per heavy atom. The van der Waals surface area contributed by atoms with Crippen molar-refractivity contribution in [3.63, 3.8) is 0 Å². The van der Waals surface area contributed by atoms with Crippen LogP contribution in [0.2, 0.25) is 0 Å². The van der Waals surface area contributed by atoms with Gasteiger partial charge in [0.1, 0.15) is 11.4 Å². The minimum Gasteiger partial charge on any atom is -0.493 e. The molecule has 2 aromatic carbocycles. The third-order valence-corrected chi connectivity index (χ3v) is 8.10. The van der Waals surface area contributed by atoms with E-state index in [2.05, 4.69) is 21.8 Å². The normalized spacial score (nSPS) is 15.5. The lowest BCUT2D eigenvalue weighted by Crippen LogP contribution is -2.29. The third kappa shape index (κ3) is 9.25. The van der Waals surface area contributed by atoms with Crippen molar-refractivity contribution < 1.29 is 42.1 Å². The summed E-state index contributed by atoms with van der Waals surface area (Å²) in [4.78, 5) is 43.1. The SMILES string of the molecule is CCOC(=O)c1cn([C@H]2CC[C@H](N)CC2)c2cc(C#Cc3cc(Cc4cnc(N)nc4N)cc(OC)c3OC)ccc2c1=O.O=C(O)C(F)(F)F. The summed E-state index contributed by atoms with van der Waals surface area (Å²) < 4.78 is 50.2. The molecular weight excluding hydrogens is 673 g/mol. The number of pyridine rings is 1. The van der Waals surface area contributed by atoms with Gasteiger partial charge >= 0.3 is 18.1 Å². The van der Waals surface area contributed by atoms with Gasteiger partial charge in [-0.2, -0.15) is 18.2 Å². The molecule has 4 aromatic rings. The van der Waals surface area contributed by atoms with Crippen molar-refractivity contribution in [3.05, 3.63) is 80.8 Å². The highest BCUT2D eigenvalue weighted by atomic mass is 19.4. The Hall–Kier alpha value is -5.82. The number of hydrogen-bond donors (Lipinski definition) is 4. The second-order valence-electron chi connectivity index (χ2n) is 11.5. The van der Waals surface area contributed by atoms with Crippen molar-refractivity contribution in [3.8, 4) is 23.3 Å². The van der Waals surface area contributed by atoms with Crippen LogP contribution in [0.4, 0.5) is 24.9 Å². The van der Waals surface area contributed by atoms with Gasteiger partial charge in [0.2, 0.25) is 11.4 Å². The van der Waals surface area contributed by atoms with Gasteiger partial charge in [0.05, 0.1) is 31.9 Å². The monoisotopic (exact) mass is 710 g/mol. The number of carbonyl (C=O) groups is 2. The fourth-order valence-electron chi connectivity index (χ4n) is 5.61. The molecule has 0 bridgehead atoms. The van der Waals surface area contributed by atoms with Gasteiger partial charge in [-0.3, -0.25) is 4.79 Å². The molecule has 0 amide bonds. The molecule has 0 saturated heterocycles. The fourth-order valence-corrected chi connectivity index (χ4v) is 5.61. The maximum Gasteiger partial charge on any atom is 0.490 e.